The molecule has 4 N–H and O–H groups in total. The van der Waals surface area contributed by atoms with Gasteiger partial charge in [-0.3, -0.25) is 0 Å². The van der Waals surface area contributed by atoms with E-state index in [0.29, 0.717) is 32.4 Å². The molecule has 0 aliphatic heterocycles. The van der Waals surface area contributed by atoms with E-state index in [1.165, 1.54) is 25.7 Å². The van der Waals surface area contributed by atoms with E-state index in [0.717, 1.165) is 28.9 Å². The van der Waals surface area contributed by atoms with E-state index in [1.54, 1.807) is 0 Å². The molecule has 8 heteroatoms. The first-order valence-electron chi connectivity index (χ1n) is 9.68. The summed E-state index contributed by atoms with van der Waals surface area (Å²) in [5, 5.41) is 15.3. The average molecular weight is 465 g/mol. The summed E-state index contributed by atoms with van der Waals surface area (Å²) in [5.41, 5.74) is 3.82. The highest BCUT2D eigenvalue weighted by Crippen LogP contribution is 2.28. The molecule has 0 aromatic heterocycles. The van der Waals surface area contributed by atoms with Crippen LogP contribution in [0.3, 0.4) is 0 Å². The molecule has 0 bridgehead atoms. The number of thiocarbonyl (C=S) groups is 2. The Morgan fingerprint density at radius 2 is 1.17 bits per heavy atom. The molecule has 0 amide bonds. The summed E-state index contributed by atoms with van der Waals surface area (Å²) < 4.78 is 0. The predicted octanol–water partition coefficient (Wildman–Crippen LogP) is 5.48. The smallest absolute Gasteiger partial charge is 0.171 e. The van der Waals surface area contributed by atoms with Gasteiger partial charge in [-0.05, 0) is 91.9 Å². The Bertz CT molecular complexity index is 867. The summed E-state index contributed by atoms with van der Waals surface area (Å²) in [6, 6.07) is 12.9. The van der Waals surface area contributed by atoms with Crippen molar-refractivity contribution in [2.45, 2.75) is 44.2 Å². The third-order valence-electron chi connectivity index (χ3n) is 4.80. The molecule has 0 spiro atoms. The number of hydrogen-bond donors (Lipinski definition) is 4. The monoisotopic (exact) mass is 464 g/mol. The van der Waals surface area contributed by atoms with Gasteiger partial charge in [0.25, 0.3) is 0 Å². The number of benzene rings is 2. The second-order valence-corrected chi connectivity index (χ2v) is 9.18. The van der Waals surface area contributed by atoms with Crippen molar-refractivity contribution in [1.82, 2.24) is 10.6 Å². The van der Waals surface area contributed by atoms with Crippen molar-refractivity contribution in [3.8, 4) is 0 Å². The van der Waals surface area contributed by atoms with E-state index in [4.69, 9.17) is 47.6 Å². The van der Waals surface area contributed by atoms with E-state index in [2.05, 4.69) is 21.3 Å². The lowest BCUT2D eigenvalue weighted by Gasteiger charge is -2.13. The molecule has 0 saturated heterocycles. The SMILES string of the molecule is S=C(Nc1ccc(Cc2ccc(NC(=S)NC3CC3)c(Cl)c2)cc1Cl)NC1CC1. The van der Waals surface area contributed by atoms with E-state index in [1.807, 2.05) is 36.4 Å². The zero-order valence-electron chi connectivity index (χ0n) is 15.7. The van der Waals surface area contributed by atoms with Crippen LogP contribution in [0.25, 0.3) is 0 Å². The fourth-order valence-electron chi connectivity index (χ4n) is 2.92. The largest absolute Gasteiger partial charge is 0.360 e. The first-order chi connectivity index (χ1) is 14.0. The lowest BCUT2D eigenvalue weighted by molar-refractivity contribution is 0.919. The number of anilines is 2. The average Bonchev–Trinajstić information content (AvgIpc) is 3.57. The molecular formula is C21H22Cl2N4S2. The van der Waals surface area contributed by atoms with Gasteiger partial charge in [-0.2, -0.15) is 0 Å². The molecule has 29 heavy (non-hydrogen) atoms. The molecule has 2 fully saturated rings. The zero-order valence-corrected chi connectivity index (χ0v) is 18.9. The van der Waals surface area contributed by atoms with E-state index < -0.39 is 0 Å². The molecule has 4 rings (SSSR count). The summed E-state index contributed by atoms with van der Waals surface area (Å²) in [4.78, 5) is 0. The molecule has 4 nitrogen and oxygen atoms in total. The van der Waals surface area contributed by atoms with Gasteiger partial charge in [-0.25, -0.2) is 0 Å². The minimum Gasteiger partial charge on any atom is -0.360 e. The molecule has 152 valence electrons. The van der Waals surface area contributed by atoms with Crippen LogP contribution in [0.4, 0.5) is 11.4 Å². The number of hydrogen-bond acceptors (Lipinski definition) is 2. The molecule has 2 aliphatic rings. The van der Waals surface area contributed by atoms with E-state index in [9.17, 15) is 0 Å². The molecule has 2 aromatic carbocycles. The first kappa shape index (κ1) is 20.7. The van der Waals surface area contributed by atoms with Crippen LogP contribution in [-0.4, -0.2) is 22.3 Å². The normalized spacial score (nSPS) is 15.5. The Kier molecular flexibility index (Phi) is 6.44. The summed E-state index contributed by atoms with van der Waals surface area (Å²) in [7, 11) is 0. The van der Waals surface area contributed by atoms with Gasteiger partial charge in [0.05, 0.1) is 21.4 Å². The summed E-state index contributed by atoms with van der Waals surface area (Å²) in [6.45, 7) is 0. The molecule has 0 radical (unpaired) electrons. The second kappa shape index (κ2) is 9.04. The Balaban J connectivity index is 1.36. The van der Waals surface area contributed by atoms with Gasteiger partial charge in [0.15, 0.2) is 10.2 Å². The molecule has 0 unspecified atom stereocenters. The van der Waals surface area contributed by atoms with Crippen LogP contribution in [0.2, 0.25) is 10.0 Å². The molecule has 2 aromatic rings. The van der Waals surface area contributed by atoms with Gasteiger partial charge in [0.1, 0.15) is 0 Å². The van der Waals surface area contributed by atoms with Crippen LogP contribution in [0.15, 0.2) is 36.4 Å². The third kappa shape index (κ3) is 6.19. The van der Waals surface area contributed by atoms with Crippen molar-refractivity contribution in [3.05, 3.63) is 57.6 Å². The molecule has 0 heterocycles. The van der Waals surface area contributed by atoms with Crippen LogP contribution in [0.5, 0.6) is 0 Å². The summed E-state index contributed by atoms with van der Waals surface area (Å²) in [6.07, 6.45) is 5.43. The van der Waals surface area contributed by atoms with Crippen molar-refractivity contribution in [2.24, 2.45) is 0 Å². The standard InChI is InChI=1S/C21H22Cl2N4S2/c22-16-10-12(1-7-18(16)26-20(28)24-14-3-4-14)9-13-2-8-19(17(23)11-13)27-21(29)25-15-5-6-15/h1-2,7-8,10-11,14-15H,3-6,9H2,(H2,24,26,28)(H2,25,27,29). The predicted molar refractivity (Wildman–Crippen MR) is 130 cm³/mol. The quantitative estimate of drug-likeness (QED) is 0.424. The highest BCUT2D eigenvalue weighted by Gasteiger charge is 2.22. The van der Waals surface area contributed by atoms with Crippen LogP contribution in [-0.2, 0) is 6.42 Å². The van der Waals surface area contributed by atoms with Crippen LogP contribution in [0, 0.1) is 0 Å². The maximum atomic E-state index is 6.44. The minimum absolute atomic E-state index is 0.508. The van der Waals surface area contributed by atoms with Crippen LogP contribution >= 0.6 is 47.6 Å². The maximum absolute atomic E-state index is 6.44. The van der Waals surface area contributed by atoms with Crippen molar-refractivity contribution in [2.75, 3.05) is 10.6 Å². The van der Waals surface area contributed by atoms with Crippen molar-refractivity contribution in [3.63, 3.8) is 0 Å². The molecule has 2 aliphatic carbocycles. The lowest BCUT2D eigenvalue weighted by atomic mass is 10.0. The number of halogens is 2. The minimum atomic E-state index is 0.508. The fourth-order valence-corrected chi connectivity index (χ4v) is 3.97. The Labute approximate surface area is 191 Å². The van der Waals surface area contributed by atoms with E-state index in [-0.39, 0.29) is 0 Å². The highest BCUT2D eigenvalue weighted by molar-refractivity contribution is 7.80. The highest BCUT2D eigenvalue weighted by atomic mass is 35.5. The summed E-state index contributed by atoms with van der Waals surface area (Å²) >= 11 is 23.5. The first-order valence-corrected chi connectivity index (χ1v) is 11.3. The van der Waals surface area contributed by atoms with Gasteiger partial charge >= 0.3 is 0 Å². The topological polar surface area (TPSA) is 48.1 Å². The third-order valence-corrected chi connectivity index (χ3v) is 5.86. The van der Waals surface area contributed by atoms with E-state index >= 15 is 0 Å². The number of nitrogens with one attached hydrogen (secondary N) is 4. The van der Waals surface area contributed by atoms with Gasteiger partial charge in [0, 0.05) is 12.1 Å². The molecule has 0 atom stereocenters. The zero-order chi connectivity index (χ0) is 20.4. The van der Waals surface area contributed by atoms with Crippen LogP contribution < -0.4 is 21.3 Å². The second-order valence-electron chi connectivity index (χ2n) is 7.55. The van der Waals surface area contributed by atoms with Crippen molar-refractivity contribution >= 4 is 69.2 Å². The maximum Gasteiger partial charge on any atom is 0.171 e. The van der Waals surface area contributed by atoms with Crippen molar-refractivity contribution < 1.29 is 0 Å². The Morgan fingerprint density at radius 1 is 0.759 bits per heavy atom. The fraction of sp³-hybridized carbons (Fsp3) is 0.333. The Hall–Kier alpha value is -1.60. The molecular weight excluding hydrogens is 443 g/mol. The van der Waals surface area contributed by atoms with Gasteiger partial charge in [-0.15, -0.1) is 0 Å². The molecule has 2 saturated carbocycles. The Morgan fingerprint density at radius 3 is 1.52 bits per heavy atom. The van der Waals surface area contributed by atoms with Crippen molar-refractivity contribution in [1.29, 1.82) is 0 Å². The van der Waals surface area contributed by atoms with Gasteiger partial charge in [-0.1, -0.05) is 35.3 Å². The summed E-state index contributed by atoms with van der Waals surface area (Å²) in [5.74, 6) is 0. The number of rotatable bonds is 6. The van der Waals surface area contributed by atoms with Gasteiger partial charge < -0.3 is 21.3 Å². The van der Waals surface area contributed by atoms with Crippen LogP contribution in [0.1, 0.15) is 36.8 Å². The lowest BCUT2D eigenvalue weighted by Crippen LogP contribution is -2.30. The van der Waals surface area contributed by atoms with Gasteiger partial charge in [0.2, 0.25) is 0 Å².